The molecular weight excluding hydrogens is 813 g/mol. The first-order chi connectivity index (χ1) is 31.8. The van der Waals surface area contributed by atoms with Gasteiger partial charge in [0.15, 0.2) is 13.9 Å². The van der Waals surface area contributed by atoms with Crippen molar-refractivity contribution < 1.29 is 0 Å². The third-order valence-electron chi connectivity index (χ3n) is 13.1. The standard InChI is InChI=1S/C58H38N4SSi/c1-3-18-40(19-4-1)64(41-20-5-2-6-21-41,54-33-17-27-48-47-26-11-16-32-53(47)63-57(48)54)42-36-34-39(35-37-42)58-59-55(61-49-28-12-7-22-43(49)44-23-8-13-29-50(44)61)38-56(60-58)62-51-30-14-9-24-45(51)46-25-10-15-31-52(46)62/h1-38H. The van der Waals surface area contributed by atoms with E-state index in [1.807, 2.05) is 11.3 Å². The van der Waals surface area contributed by atoms with E-state index in [4.69, 9.17) is 9.97 Å². The van der Waals surface area contributed by atoms with Crippen LogP contribution in [-0.4, -0.2) is 27.2 Å². The van der Waals surface area contributed by atoms with E-state index in [0.29, 0.717) is 5.82 Å². The Kier molecular flexibility index (Phi) is 8.38. The van der Waals surface area contributed by atoms with Crippen molar-refractivity contribution in [1.82, 2.24) is 19.1 Å². The van der Waals surface area contributed by atoms with Crippen molar-refractivity contribution >= 4 is 104 Å². The minimum atomic E-state index is -2.92. The van der Waals surface area contributed by atoms with Crippen LogP contribution in [0.2, 0.25) is 0 Å². The Morgan fingerprint density at radius 1 is 0.344 bits per heavy atom. The zero-order valence-corrected chi connectivity index (χ0v) is 36.5. The van der Waals surface area contributed by atoms with Crippen LogP contribution in [0.4, 0.5) is 0 Å². The zero-order chi connectivity index (χ0) is 42.2. The molecule has 0 aliphatic heterocycles. The Morgan fingerprint density at radius 3 is 1.25 bits per heavy atom. The average molecular weight is 851 g/mol. The first-order valence-corrected chi connectivity index (χ1v) is 24.6. The summed E-state index contributed by atoms with van der Waals surface area (Å²) in [6.07, 6.45) is 0. The molecule has 0 amide bonds. The fourth-order valence-electron chi connectivity index (χ4n) is 10.4. The number of para-hydroxylation sites is 4. The molecule has 0 aliphatic carbocycles. The minimum Gasteiger partial charge on any atom is -0.294 e. The summed E-state index contributed by atoms with van der Waals surface area (Å²) in [7, 11) is -2.92. The molecule has 6 heteroatoms. The lowest BCUT2D eigenvalue weighted by Crippen LogP contribution is -2.74. The van der Waals surface area contributed by atoms with Crippen LogP contribution in [0.5, 0.6) is 0 Å². The summed E-state index contributed by atoms with van der Waals surface area (Å²) in [5, 5.41) is 12.8. The van der Waals surface area contributed by atoms with Gasteiger partial charge in [0, 0.05) is 53.3 Å². The summed E-state index contributed by atoms with van der Waals surface area (Å²) in [4.78, 5) is 11.0. The van der Waals surface area contributed by atoms with Crippen molar-refractivity contribution in [3.05, 3.63) is 231 Å². The quantitative estimate of drug-likeness (QED) is 0.118. The highest BCUT2D eigenvalue weighted by molar-refractivity contribution is 7.30. The van der Waals surface area contributed by atoms with Crippen molar-refractivity contribution in [3.8, 4) is 23.0 Å². The Labute approximate surface area is 374 Å². The van der Waals surface area contributed by atoms with Crippen molar-refractivity contribution in [2.45, 2.75) is 0 Å². The van der Waals surface area contributed by atoms with E-state index in [1.165, 1.54) is 62.5 Å². The molecule has 4 aromatic heterocycles. The highest BCUT2D eigenvalue weighted by atomic mass is 32.1. The van der Waals surface area contributed by atoms with Crippen LogP contribution in [0.3, 0.4) is 0 Å². The normalized spacial score (nSPS) is 12.1. The summed E-state index contributed by atoms with van der Waals surface area (Å²) < 4.78 is 7.26. The van der Waals surface area contributed by atoms with Crippen LogP contribution < -0.4 is 20.7 Å². The Morgan fingerprint density at radius 2 is 0.750 bits per heavy atom. The van der Waals surface area contributed by atoms with Gasteiger partial charge in [-0.3, -0.25) is 9.13 Å². The van der Waals surface area contributed by atoms with Crippen LogP contribution in [0, 0.1) is 0 Å². The lowest BCUT2D eigenvalue weighted by molar-refractivity contribution is 0.994. The van der Waals surface area contributed by atoms with Crippen molar-refractivity contribution in [1.29, 1.82) is 0 Å². The van der Waals surface area contributed by atoms with E-state index in [0.717, 1.165) is 39.3 Å². The number of benzene rings is 9. The maximum Gasteiger partial charge on any atom is 0.181 e. The topological polar surface area (TPSA) is 35.6 Å². The molecule has 0 aliphatic rings. The third kappa shape index (κ3) is 5.46. The number of fused-ring (bicyclic) bond motifs is 9. The van der Waals surface area contributed by atoms with Gasteiger partial charge in [0.25, 0.3) is 0 Å². The summed E-state index contributed by atoms with van der Waals surface area (Å²) in [5.74, 6) is 2.30. The molecule has 0 fully saturated rings. The number of nitrogens with zero attached hydrogens (tertiary/aromatic N) is 4. The van der Waals surface area contributed by atoms with Crippen molar-refractivity contribution in [3.63, 3.8) is 0 Å². The molecule has 0 saturated heterocycles. The van der Waals surface area contributed by atoms with Gasteiger partial charge in [-0.1, -0.05) is 194 Å². The molecule has 4 nitrogen and oxygen atoms in total. The summed E-state index contributed by atoms with van der Waals surface area (Å²) in [6.45, 7) is 0. The largest absolute Gasteiger partial charge is 0.294 e. The van der Waals surface area contributed by atoms with Gasteiger partial charge in [-0.05, 0) is 51.1 Å². The zero-order valence-electron chi connectivity index (χ0n) is 34.6. The first-order valence-electron chi connectivity index (χ1n) is 21.7. The van der Waals surface area contributed by atoms with E-state index in [1.54, 1.807) is 0 Å². The molecule has 0 saturated carbocycles. The molecule has 0 atom stereocenters. The smallest absolute Gasteiger partial charge is 0.181 e. The lowest BCUT2D eigenvalue weighted by atomic mass is 10.1. The first kappa shape index (κ1) is 36.7. The number of rotatable bonds is 7. The van der Waals surface area contributed by atoms with Gasteiger partial charge in [0.2, 0.25) is 0 Å². The average Bonchev–Trinajstić information content (AvgIpc) is 4.03. The second-order valence-electron chi connectivity index (χ2n) is 16.5. The molecule has 0 bridgehead atoms. The second kappa shape index (κ2) is 14.6. The van der Waals surface area contributed by atoms with Gasteiger partial charge in [-0.25, -0.2) is 9.97 Å². The highest BCUT2D eigenvalue weighted by Gasteiger charge is 2.43. The molecule has 0 spiro atoms. The van der Waals surface area contributed by atoms with E-state index in [-0.39, 0.29) is 0 Å². The fraction of sp³-hybridized carbons (Fsp3) is 0. The van der Waals surface area contributed by atoms with Gasteiger partial charge < -0.3 is 0 Å². The molecule has 9 aromatic carbocycles. The summed E-state index contributed by atoms with van der Waals surface area (Å²) in [5.41, 5.74) is 5.38. The molecule has 0 radical (unpaired) electrons. The molecular formula is C58H38N4SSi. The number of hydrogen-bond acceptors (Lipinski definition) is 3. The predicted molar refractivity (Wildman–Crippen MR) is 273 cm³/mol. The number of aromatic nitrogens is 4. The van der Waals surface area contributed by atoms with Crippen LogP contribution in [0.1, 0.15) is 0 Å². The molecule has 13 rings (SSSR count). The fourth-order valence-corrected chi connectivity index (χ4v) is 16.9. The second-order valence-corrected chi connectivity index (χ2v) is 21.3. The molecule has 13 aromatic rings. The molecule has 0 unspecified atom stereocenters. The van der Waals surface area contributed by atoms with E-state index in [9.17, 15) is 0 Å². The Balaban J connectivity index is 1.07. The van der Waals surface area contributed by atoms with Gasteiger partial charge in [-0.15, -0.1) is 11.3 Å². The number of thiophene rings is 1. The Hall–Kier alpha value is -7.90. The van der Waals surface area contributed by atoms with Gasteiger partial charge in [-0.2, -0.15) is 0 Å². The SMILES string of the molecule is c1ccc([Si](c2ccccc2)(c2ccc(-c3nc(-n4c5ccccc5c5ccccc54)cc(-n4c5ccccc5c5ccccc54)n3)cc2)c2cccc3c2sc2ccccc23)cc1. The predicted octanol–water partition coefficient (Wildman–Crippen LogP) is 12.1. The summed E-state index contributed by atoms with van der Waals surface area (Å²) in [6, 6.07) is 84.1. The van der Waals surface area contributed by atoms with E-state index in [2.05, 4.69) is 240 Å². The van der Waals surface area contributed by atoms with Gasteiger partial charge in [0.05, 0.1) is 22.1 Å². The molecule has 4 heterocycles. The Bertz CT molecular complexity index is 3630. The maximum atomic E-state index is 5.50. The van der Waals surface area contributed by atoms with Crippen molar-refractivity contribution in [2.75, 3.05) is 0 Å². The summed E-state index contributed by atoms with van der Waals surface area (Å²) >= 11 is 1.91. The highest BCUT2D eigenvalue weighted by Crippen LogP contribution is 2.37. The lowest BCUT2D eigenvalue weighted by Gasteiger charge is -2.35. The maximum absolute atomic E-state index is 5.50. The van der Waals surface area contributed by atoms with Gasteiger partial charge >= 0.3 is 0 Å². The van der Waals surface area contributed by atoms with Gasteiger partial charge in [0.1, 0.15) is 11.6 Å². The third-order valence-corrected chi connectivity index (χ3v) is 19.3. The van der Waals surface area contributed by atoms with Crippen LogP contribution >= 0.6 is 11.3 Å². The minimum absolute atomic E-state index is 0.668. The molecule has 300 valence electrons. The van der Waals surface area contributed by atoms with Crippen LogP contribution in [-0.2, 0) is 0 Å². The van der Waals surface area contributed by atoms with E-state index >= 15 is 0 Å². The van der Waals surface area contributed by atoms with Crippen LogP contribution in [0.15, 0.2) is 231 Å². The number of hydrogen-bond donors (Lipinski definition) is 0. The monoisotopic (exact) mass is 850 g/mol. The molecule has 0 N–H and O–H groups in total. The van der Waals surface area contributed by atoms with E-state index < -0.39 is 8.07 Å². The molecule has 64 heavy (non-hydrogen) atoms. The van der Waals surface area contributed by atoms with Crippen molar-refractivity contribution in [2.24, 2.45) is 0 Å². The van der Waals surface area contributed by atoms with Crippen LogP contribution in [0.25, 0.3) is 86.8 Å².